The molecule has 0 aromatic heterocycles. The SMILES string of the molecule is c1cc2c(cc1OCC1CNC1)CCC2. The van der Waals surface area contributed by atoms with Gasteiger partial charge in [-0.2, -0.15) is 0 Å². The summed E-state index contributed by atoms with van der Waals surface area (Å²) in [7, 11) is 0. The van der Waals surface area contributed by atoms with E-state index in [4.69, 9.17) is 4.74 Å². The van der Waals surface area contributed by atoms with Gasteiger partial charge in [0.25, 0.3) is 0 Å². The van der Waals surface area contributed by atoms with Crippen LogP contribution in [0.4, 0.5) is 0 Å². The average Bonchev–Trinajstić information content (AvgIpc) is 2.62. The van der Waals surface area contributed by atoms with Crippen molar-refractivity contribution >= 4 is 0 Å². The van der Waals surface area contributed by atoms with Crippen LogP contribution in [0.3, 0.4) is 0 Å². The zero-order valence-electron chi connectivity index (χ0n) is 8.96. The molecule has 0 spiro atoms. The van der Waals surface area contributed by atoms with Gasteiger partial charge < -0.3 is 10.1 Å². The molecular formula is C13H17NO. The number of fused-ring (bicyclic) bond motifs is 1. The van der Waals surface area contributed by atoms with Crippen molar-refractivity contribution in [1.82, 2.24) is 5.32 Å². The molecule has 1 heterocycles. The average molecular weight is 203 g/mol. The van der Waals surface area contributed by atoms with E-state index >= 15 is 0 Å². The van der Waals surface area contributed by atoms with Crippen LogP contribution in [0.1, 0.15) is 17.5 Å². The molecule has 2 nitrogen and oxygen atoms in total. The molecule has 1 aromatic carbocycles. The maximum atomic E-state index is 5.80. The summed E-state index contributed by atoms with van der Waals surface area (Å²) in [6.07, 6.45) is 3.80. The molecule has 1 aliphatic carbocycles. The van der Waals surface area contributed by atoms with E-state index in [-0.39, 0.29) is 0 Å². The fraction of sp³-hybridized carbons (Fsp3) is 0.538. The van der Waals surface area contributed by atoms with E-state index in [1.807, 2.05) is 0 Å². The van der Waals surface area contributed by atoms with Crippen LogP contribution in [0.15, 0.2) is 18.2 Å². The topological polar surface area (TPSA) is 21.3 Å². The van der Waals surface area contributed by atoms with Crippen molar-refractivity contribution in [3.05, 3.63) is 29.3 Å². The Balaban J connectivity index is 1.64. The first-order valence-electron chi connectivity index (χ1n) is 5.87. The Labute approximate surface area is 90.6 Å². The third-order valence-corrected chi connectivity index (χ3v) is 3.42. The molecule has 1 saturated heterocycles. The molecule has 0 bridgehead atoms. The number of hydrogen-bond acceptors (Lipinski definition) is 2. The minimum Gasteiger partial charge on any atom is -0.493 e. The Morgan fingerprint density at radius 1 is 1.20 bits per heavy atom. The van der Waals surface area contributed by atoms with Gasteiger partial charge in [-0.25, -0.2) is 0 Å². The quantitative estimate of drug-likeness (QED) is 0.808. The van der Waals surface area contributed by atoms with Crippen molar-refractivity contribution < 1.29 is 4.74 Å². The lowest BCUT2D eigenvalue weighted by atomic mass is 10.1. The maximum absolute atomic E-state index is 5.80. The second-order valence-corrected chi connectivity index (χ2v) is 4.62. The van der Waals surface area contributed by atoms with Crippen molar-refractivity contribution in [2.45, 2.75) is 19.3 Å². The van der Waals surface area contributed by atoms with Crippen LogP contribution in [0.5, 0.6) is 5.75 Å². The summed E-state index contributed by atoms with van der Waals surface area (Å²) in [5.41, 5.74) is 3.02. The second kappa shape index (κ2) is 3.86. The molecule has 80 valence electrons. The third-order valence-electron chi connectivity index (χ3n) is 3.42. The zero-order valence-corrected chi connectivity index (χ0v) is 8.96. The summed E-state index contributed by atoms with van der Waals surface area (Å²) in [6, 6.07) is 6.58. The molecule has 15 heavy (non-hydrogen) atoms. The second-order valence-electron chi connectivity index (χ2n) is 4.62. The van der Waals surface area contributed by atoms with Gasteiger partial charge in [0.2, 0.25) is 0 Å². The van der Waals surface area contributed by atoms with Crippen molar-refractivity contribution in [2.75, 3.05) is 19.7 Å². The molecule has 3 rings (SSSR count). The number of hydrogen-bond donors (Lipinski definition) is 1. The predicted molar refractivity (Wildman–Crippen MR) is 60.3 cm³/mol. The van der Waals surface area contributed by atoms with Gasteiger partial charge in [-0.05, 0) is 42.5 Å². The number of ether oxygens (including phenoxy) is 1. The highest BCUT2D eigenvalue weighted by atomic mass is 16.5. The minimum absolute atomic E-state index is 0.721. The monoisotopic (exact) mass is 203 g/mol. The standard InChI is InChI=1S/C13H17NO/c1-2-11-4-5-13(6-12(11)3-1)15-9-10-7-14-8-10/h4-6,10,14H,1-3,7-9H2. The van der Waals surface area contributed by atoms with Crippen LogP contribution in [-0.2, 0) is 12.8 Å². The van der Waals surface area contributed by atoms with Crippen LogP contribution in [0.2, 0.25) is 0 Å². The van der Waals surface area contributed by atoms with Gasteiger partial charge in [0.05, 0.1) is 6.61 Å². The Morgan fingerprint density at radius 3 is 2.87 bits per heavy atom. The van der Waals surface area contributed by atoms with E-state index in [2.05, 4.69) is 23.5 Å². The number of aryl methyl sites for hydroxylation is 2. The minimum atomic E-state index is 0.721. The zero-order chi connectivity index (χ0) is 10.1. The number of nitrogens with one attached hydrogen (secondary N) is 1. The van der Waals surface area contributed by atoms with E-state index in [1.54, 1.807) is 0 Å². The molecule has 0 atom stereocenters. The maximum Gasteiger partial charge on any atom is 0.119 e. The fourth-order valence-corrected chi connectivity index (χ4v) is 2.32. The highest BCUT2D eigenvalue weighted by Crippen LogP contribution is 2.26. The summed E-state index contributed by atoms with van der Waals surface area (Å²) in [4.78, 5) is 0. The Kier molecular flexibility index (Phi) is 2.37. The smallest absolute Gasteiger partial charge is 0.119 e. The summed E-state index contributed by atoms with van der Waals surface area (Å²) in [5.74, 6) is 1.78. The first-order valence-corrected chi connectivity index (χ1v) is 5.87. The molecule has 0 amide bonds. The van der Waals surface area contributed by atoms with Crippen LogP contribution in [0.25, 0.3) is 0 Å². The van der Waals surface area contributed by atoms with Crippen LogP contribution < -0.4 is 10.1 Å². The first-order chi connectivity index (χ1) is 7.42. The van der Waals surface area contributed by atoms with Gasteiger partial charge >= 0.3 is 0 Å². The molecule has 0 saturated carbocycles. The van der Waals surface area contributed by atoms with Crippen LogP contribution in [-0.4, -0.2) is 19.7 Å². The largest absolute Gasteiger partial charge is 0.493 e. The van der Waals surface area contributed by atoms with Gasteiger partial charge in [0.15, 0.2) is 0 Å². The molecule has 2 heteroatoms. The van der Waals surface area contributed by atoms with Crippen molar-refractivity contribution in [3.8, 4) is 5.75 Å². The van der Waals surface area contributed by atoms with Gasteiger partial charge in [0.1, 0.15) is 5.75 Å². The van der Waals surface area contributed by atoms with E-state index in [1.165, 1.54) is 30.4 Å². The molecule has 0 unspecified atom stereocenters. The van der Waals surface area contributed by atoms with Crippen LogP contribution >= 0.6 is 0 Å². The molecule has 1 aromatic rings. The summed E-state index contributed by atoms with van der Waals surface area (Å²) < 4.78 is 5.80. The Hall–Kier alpha value is -1.02. The Bertz CT molecular complexity index is 358. The highest BCUT2D eigenvalue weighted by Gasteiger charge is 2.17. The van der Waals surface area contributed by atoms with Gasteiger partial charge in [0, 0.05) is 19.0 Å². The molecule has 1 fully saturated rings. The third kappa shape index (κ3) is 1.86. The molecule has 2 aliphatic rings. The summed E-state index contributed by atoms with van der Waals surface area (Å²) in [5, 5.41) is 3.26. The van der Waals surface area contributed by atoms with Crippen molar-refractivity contribution in [2.24, 2.45) is 5.92 Å². The molecule has 0 radical (unpaired) electrons. The lowest BCUT2D eigenvalue weighted by Gasteiger charge is -2.26. The van der Waals surface area contributed by atoms with Crippen LogP contribution in [0, 0.1) is 5.92 Å². The molecule has 1 N–H and O–H groups in total. The van der Waals surface area contributed by atoms with Crippen molar-refractivity contribution in [3.63, 3.8) is 0 Å². The van der Waals surface area contributed by atoms with Gasteiger partial charge in [-0.3, -0.25) is 0 Å². The van der Waals surface area contributed by atoms with E-state index in [9.17, 15) is 0 Å². The highest BCUT2D eigenvalue weighted by molar-refractivity contribution is 5.38. The normalized spacial score (nSPS) is 19.7. The lowest BCUT2D eigenvalue weighted by molar-refractivity contribution is 0.199. The summed E-state index contributed by atoms with van der Waals surface area (Å²) in [6.45, 7) is 3.10. The Morgan fingerprint density at radius 2 is 2.07 bits per heavy atom. The first kappa shape index (κ1) is 9.22. The predicted octanol–water partition coefficient (Wildman–Crippen LogP) is 1.77. The van der Waals surface area contributed by atoms with Gasteiger partial charge in [-0.15, -0.1) is 0 Å². The fourth-order valence-electron chi connectivity index (χ4n) is 2.32. The van der Waals surface area contributed by atoms with E-state index in [0.29, 0.717) is 0 Å². The summed E-state index contributed by atoms with van der Waals surface area (Å²) >= 11 is 0. The van der Waals surface area contributed by atoms with Gasteiger partial charge in [-0.1, -0.05) is 6.07 Å². The van der Waals surface area contributed by atoms with E-state index < -0.39 is 0 Å². The number of rotatable bonds is 3. The number of benzene rings is 1. The lowest BCUT2D eigenvalue weighted by Crippen LogP contribution is -2.45. The van der Waals surface area contributed by atoms with Crippen molar-refractivity contribution in [1.29, 1.82) is 0 Å². The van der Waals surface area contributed by atoms with E-state index in [0.717, 1.165) is 31.4 Å². The molecule has 1 aliphatic heterocycles. The molecular weight excluding hydrogens is 186 g/mol.